The summed E-state index contributed by atoms with van der Waals surface area (Å²) in [4.78, 5) is 14.2. The Morgan fingerprint density at radius 2 is 2.22 bits per heavy atom. The van der Waals surface area contributed by atoms with Gasteiger partial charge in [0.25, 0.3) is 5.91 Å². The first-order valence-corrected chi connectivity index (χ1v) is 6.61. The molecule has 1 aromatic carbocycles. The molecule has 3 N–H and O–H groups in total. The number of nitrogens with two attached hydrogens (primary N) is 1. The van der Waals surface area contributed by atoms with Crippen molar-refractivity contribution in [3.8, 4) is 0 Å². The summed E-state index contributed by atoms with van der Waals surface area (Å²) in [6, 6.07) is 8.45. The van der Waals surface area contributed by atoms with Gasteiger partial charge in [-0.05, 0) is 36.8 Å². The maximum absolute atomic E-state index is 11.7. The molecule has 2 atom stereocenters. The summed E-state index contributed by atoms with van der Waals surface area (Å²) < 4.78 is 0. The number of hydrazine groups is 1. The zero-order valence-corrected chi connectivity index (χ0v) is 10.4. The SMILES string of the molecule is NNC(=O)c1ccccc1CN1CC2CCC1C2. The van der Waals surface area contributed by atoms with Crippen molar-refractivity contribution in [3.05, 3.63) is 35.4 Å². The van der Waals surface area contributed by atoms with E-state index in [9.17, 15) is 4.79 Å². The lowest BCUT2D eigenvalue weighted by Crippen LogP contribution is -2.34. The lowest BCUT2D eigenvalue weighted by molar-refractivity contribution is 0.0951. The summed E-state index contributed by atoms with van der Waals surface area (Å²) in [5.41, 5.74) is 4.00. The molecule has 0 spiro atoms. The van der Waals surface area contributed by atoms with Gasteiger partial charge in [-0.25, -0.2) is 5.84 Å². The van der Waals surface area contributed by atoms with Crippen molar-refractivity contribution in [3.63, 3.8) is 0 Å². The van der Waals surface area contributed by atoms with Crippen LogP contribution >= 0.6 is 0 Å². The number of carbonyl (C=O) groups excluding carboxylic acids is 1. The first-order valence-electron chi connectivity index (χ1n) is 6.61. The fraction of sp³-hybridized carbons (Fsp3) is 0.500. The molecule has 3 rings (SSSR count). The number of nitrogen functional groups attached to an aromatic ring is 1. The Bertz CT molecular complexity index is 460. The standard InChI is InChI=1S/C14H19N3O/c15-16-14(18)13-4-2-1-3-11(13)9-17-8-10-5-6-12(17)7-10/h1-4,10,12H,5-9,15H2,(H,16,18). The van der Waals surface area contributed by atoms with Gasteiger partial charge in [0.1, 0.15) is 0 Å². The highest BCUT2D eigenvalue weighted by Crippen LogP contribution is 2.38. The highest BCUT2D eigenvalue weighted by atomic mass is 16.2. The van der Waals surface area contributed by atoms with Gasteiger partial charge in [-0.15, -0.1) is 0 Å². The van der Waals surface area contributed by atoms with E-state index in [1.165, 1.54) is 25.8 Å². The van der Waals surface area contributed by atoms with Gasteiger partial charge < -0.3 is 0 Å². The Hall–Kier alpha value is -1.39. The number of rotatable bonds is 3. The third-order valence-electron chi connectivity index (χ3n) is 4.29. The number of likely N-dealkylation sites (tertiary alicyclic amines) is 1. The van der Waals surface area contributed by atoms with Crippen LogP contribution in [0.15, 0.2) is 24.3 Å². The number of nitrogens with zero attached hydrogens (tertiary/aromatic N) is 1. The maximum Gasteiger partial charge on any atom is 0.265 e. The Morgan fingerprint density at radius 1 is 1.39 bits per heavy atom. The Kier molecular flexibility index (Phi) is 3.06. The third-order valence-corrected chi connectivity index (χ3v) is 4.29. The first kappa shape index (κ1) is 11.7. The van der Waals surface area contributed by atoms with Crippen LogP contribution in [0.2, 0.25) is 0 Å². The third kappa shape index (κ3) is 2.02. The predicted molar refractivity (Wildman–Crippen MR) is 69.6 cm³/mol. The van der Waals surface area contributed by atoms with E-state index in [1.807, 2.05) is 24.3 Å². The van der Waals surface area contributed by atoms with Crippen molar-refractivity contribution in [2.45, 2.75) is 31.8 Å². The molecule has 0 aromatic heterocycles. The van der Waals surface area contributed by atoms with Gasteiger partial charge in [-0.1, -0.05) is 18.2 Å². The highest BCUT2D eigenvalue weighted by Gasteiger charge is 2.37. The number of carbonyl (C=O) groups is 1. The average molecular weight is 245 g/mol. The number of piperidine rings is 1. The minimum atomic E-state index is -0.199. The molecule has 1 amide bonds. The van der Waals surface area contributed by atoms with Crippen LogP contribution in [0.25, 0.3) is 0 Å². The number of hydrogen-bond acceptors (Lipinski definition) is 3. The maximum atomic E-state index is 11.7. The predicted octanol–water partition coefficient (Wildman–Crippen LogP) is 1.27. The molecular weight excluding hydrogens is 226 g/mol. The number of fused-ring (bicyclic) bond motifs is 2. The van der Waals surface area contributed by atoms with E-state index in [-0.39, 0.29) is 5.91 Å². The minimum Gasteiger partial charge on any atom is -0.296 e. The van der Waals surface area contributed by atoms with E-state index in [2.05, 4.69) is 10.3 Å². The van der Waals surface area contributed by atoms with Gasteiger partial charge in [0.15, 0.2) is 0 Å². The summed E-state index contributed by atoms with van der Waals surface area (Å²) in [5, 5.41) is 0. The molecule has 2 unspecified atom stereocenters. The van der Waals surface area contributed by atoms with Gasteiger partial charge in [0, 0.05) is 24.7 Å². The van der Waals surface area contributed by atoms with Crippen LogP contribution in [0.5, 0.6) is 0 Å². The van der Waals surface area contributed by atoms with E-state index in [4.69, 9.17) is 5.84 Å². The van der Waals surface area contributed by atoms with Crippen molar-refractivity contribution in [1.82, 2.24) is 10.3 Å². The molecular formula is C14H19N3O. The average Bonchev–Trinajstić information content (AvgIpc) is 3.01. The molecule has 1 aliphatic heterocycles. The van der Waals surface area contributed by atoms with Crippen LogP contribution in [0.4, 0.5) is 0 Å². The van der Waals surface area contributed by atoms with E-state index in [0.717, 1.165) is 24.1 Å². The van der Waals surface area contributed by atoms with E-state index in [0.29, 0.717) is 5.56 Å². The number of nitrogens with one attached hydrogen (secondary N) is 1. The smallest absolute Gasteiger partial charge is 0.265 e. The summed E-state index contributed by atoms with van der Waals surface area (Å²) in [7, 11) is 0. The van der Waals surface area contributed by atoms with Crippen LogP contribution in [0.1, 0.15) is 35.2 Å². The van der Waals surface area contributed by atoms with Crippen molar-refractivity contribution in [2.75, 3.05) is 6.54 Å². The molecule has 2 aliphatic rings. The second kappa shape index (κ2) is 4.71. The summed E-state index contributed by atoms with van der Waals surface area (Å²) in [6.07, 6.45) is 4.03. The van der Waals surface area contributed by atoms with E-state index in [1.54, 1.807) is 0 Å². The normalized spacial score (nSPS) is 26.5. The summed E-state index contributed by atoms with van der Waals surface area (Å²) in [6.45, 7) is 2.05. The number of benzene rings is 1. The molecule has 4 nitrogen and oxygen atoms in total. The van der Waals surface area contributed by atoms with Crippen LogP contribution in [-0.4, -0.2) is 23.4 Å². The Balaban J connectivity index is 1.78. The van der Waals surface area contributed by atoms with Crippen LogP contribution < -0.4 is 11.3 Å². The first-order chi connectivity index (χ1) is 8.78. The van der Waals surface area contributed by atoms with Gasteiger partial charge >= 0.3 is 0 Å². The quantitative estimate of drug-likeness (QED) is 0.479. The number of hydrogen-bond donors (Lipinski definition) is 2. The van der Waals surface area contributed by atoms with Crippen LogP contribution in [-0.2, 0) is 6.54 Å². The van der Waals surface area contributed by atoms with Crippen molar-refractivity contribution >= 4 is 5.91 Å². The molecule has 1 aromatic rings. The molecule has 1 saturated heterocycles. The van der Waals surface area contributed by atoms with Gasteiger partial charge in [0.2, 0.25) is 0 Å². The zero-order valence-electron chi connectivity index (χ0n) is 10.4. The van der Waals surface area contributed by atoms with Crippen LogP contribution in [0, 0.1) is 5.92 Å². The second-order valence-corrected chi connectivity index (χ2v) is 5.39. The van der Waals surface area contributed by atoms with Gasteiger partial charge in [-0.2, -0.15) is 0 Å². The van der Waals surface area contributed by atoms with E-state index >= 15 is 0 Å². The minimum absolute atomic E-state index is 0.199. The van der Waals surface area contributed by atoms with Crippen molar-refractivity contribution < 1.29 is 4.79 Å². The molecule has 0 radical (unpaired) electrons. The largest absolute Gasteiger partial charge is 0.296 e. The molecule has 2 fully saturated rings. The fourth-order valence-corrected chi connectivity index (χ4v) is 3.40. The monoisotopic (exact) mass is 245 g/mol. The Morgan fingerprint density at radius 3 is 2.89 bits per heavy atom. The molecule has 1 saturated carbocycles. The second-order valence-electron chi connectivity index (χ2n) is 5.39. The molecule has 96 valence electrons. The van der Waals surface area contributed by atoms with Gasteiger partial charge in [-0.3, -0.25) is 15.1 Å². The van der Waals surface area contributed by atoms with E-state index < -0.39 is 0 Å². The molecule has 2 bridgehead atoms. The lowest BCUT2D eigenvalue weighted by atomic mass is 10.0. The number of amides is 1. The zero-order chi connectivity index (χ0) is 12.5. The van der Waals surface area contributed by atoms with Crippen LogP contribution in [0.3, 0.4) is 0 Å². The fourth-order valence-electron chi connectivity index (χ4n) is 3.40. The van der Waals surface area contributed by atoms with Crippen molar-refractivity contribution in [2.24, 2.45) is 11.8 Å². The molecule has 18 heavy (non-hydrogen) atoms. The Labute approximate surface area is 107 Å². The molecule has 4 heteroatoms. The summed E-state index contributed by atoms with van der Waals surface area (Å²) >= 11 is 0. The topological polar surface area (TPSA) is 58.4 Å². The van der Waals surface area contributed by atoms with Crippen molar-refractivity contribution in [1.29, 1.82) is 0 Å². The highest BCUT2D eigenvalue weighted by molar-refractivity contribution is 5.95. The van der Waals surface area contributed by atoms with Gasteiger partial charge in [0.05, 0.1) is 0 Å². The summed E-state index contributed by atoms with van der Waals surface area (Å²) in [5.74, 6) is 5.91. The molecule has 1 aliphatic carbocycles. The molecule has 1 heterocycles. The lowest BCUT2D eigenvalue weighted by Gasteiger charge is -2.27.